The molecule has 0 unspecified atom stereocenters. The maximum absolute atomic E-state index is 11.3. The molecule has 3 heteroatoms. The lowest BCUT2D eigenvalue weighted by Gasteiger charge is -2.09. The van der Waals surface area contributed by atoms with E-state index in [0.29, 0.717) is 5.56 Å². The Kier molecular flexibility index (Phi) is 6.88. The first-order valence-corrected chi connectivity index (χ1v) is 7.22. The number of nitrogens with two attached hydrogens (primary N) is 1. The number of carbonyl (C=O) groups excluding carboxylic acids is 1. The lowest BCUT2D eigenvalue weighted by molar-refractivity contribution is 0.0999. The smallest absolute Gasteiger partial charge is 0.249 e. The molecule has 0 aliphatic carbocycles. The summed E-state index contributed by atoms with van der Waals surface area (Å²) >= 11 is 4.41. The molecule has 1 rings (SSSR count). The van der Waals surface area contributed by atoms with Gasteiger partial charge in [-0.3, -0.25) is 4.79 Å². The number of hydrogen-bond acceptors (Lipinski definition) is 2. The van der Waals surface area contributed by atoms with Gasteiger partial charge in [0, 0.05) is 10.5 Å². The van der Waals surface area contributed by atoms with Crippen LogP contribution in [0, 0.1) is 0 Å². The predicted octanol–water partition coefficient (Wildman–Crippen LogP) is 3.98. The van der Waals surface area contributed by atoms with Crippen LogP contribution < -0.4 is 5.73 Å². The van der Waals surface area contributed by atoms with E-state index in [-0.39, 0.29) is 5.91 Å². The first-order valence-electron chi connectivity index (χ1n) is 6.77. The summed E-state index contributed by atoms with van der Waals surface area (Å²) in [7, 11) is 0. The maximum atomic E-state index is 11.3. The molecule has 0 aliphatic rings. The summed E-state index contributed by atoms with van der Waals surface area (Å²) in [5.41, 5.74) is 7.01. The zero-order chi connectivity index (χ0) is 13.4. The molecule has 18 heavy (non-hydrogen) atoms. The van der Waals surface area contributed by atoms with Crippen molar-refractivity contribution in [3.05, 3.63) is 29.3 Å². The van der Waals surface area contributed by atoms with E-state index in [2.05, 4.69) is 19.6 Å². The molecule has 0 heterocycles. The Bertz CT molecular complexity index is 390. The number of hydrogen-bond donors (Lipinski definition) is 2. The van der Waals surface area contributed by atoms with Crippen molar-refractivity contribution >= 4 is 18.5 Å². The molecule has 0 atom stereocenters. The van der Waals surface area contributed by atoms with Crippen LogP contribution in [-0.2, 0) is 6.42 Å². The average Bonchev–Trinajstić information content (AvgIpc) is 2.34. The number of thiol groups is 1. The molecule has 0 aliphatic heterocycles. The summed E-state index contributed by atoms with van der Waals surface area (Å²) in [5.74, 6) is -0.355. The van der Waals surface area contributed by atoms with E-state index in [1.807, 2.05) is 12.1 Å². The highest BCUT2D eigenvalue weighted by atomic mass is 32.1. The molecular weight excluding hydrogens is 242 g/mol. The standard InChI is InChI=1S/C15H23NOS/c1-2-3-4-5-6-7-9-12-13(15(16)17)10-8-11-14(12)18/h8,10-11,18H,2-7,9H2,1H3,(H2,16,17). The molecule has 0 saturated heterocycles. The fourth-order valence-electron chi connectivity index (χ4n) is 2.15. The molecule has 2 N–H and O–H groups in total. The number of unbranched alkanes of at least 4 members (excludes halogenated alkanes) is 5. The van der Waals surface area contributed by atoms with Gasteiger partial charge in [-0.25, -0.2) is 0 Å². The van der Waals surface area contributed by atoms with Crippen molar-refractivity contribution in [3.8, 4) is 0 Å². The van der Waals surface area contributed by atoms with Gasteiger partial charge in [0.1, 0.15) is 0 Å². The molecule has 1 aromatic rings. The minimum Gasteiger partial charge on any atom is -0.366 e. The van der Waals surface area contributed by atoms with E-state index in [1.165, 1.54) is 32.1 Å². The summed E-state index contributed by atoms with van der Waals surface area (Å²) in [5, 5.41) is 0. The third-order valence-corrected chi connectivity index (χ3v) is 3.62. The van der Waals surface area contributed by atoms with Crippen LogP contribution in [0.4, 0.5) is 0 Å². The van der Waals surface area contributed by atoms with Crippen LogP contribution in [0.25, 0.3) is 0 Å². The molecular formula is C15H23NOS. The third-order valence-electron chi connectivity index (χ3n) is 3.20. The van der Waals surface area contributed by atoms with Crippen LogP contribution in [0.3, 0.4) is 0 Å². The molecule has 1 amide bonds. The second kappa shape index (κ2) is 8.20. The Balaban J connectivity index is 2.48. The lowest BCUT2D eigenvalue weighted by Crippen LogP contribution is -2.14. The molecule has 0 spiro atoms. The van der Waals surface area contributed by atoms with Crippen molar-refractivity contribution in [1.29, 1.82) is 0 Å². The van der Waals surface area contributed by atoms with Crippen LogP contribution in [0.15, 0.2) is 23.1 Å². The number of primary amides is 1. The molecule has 1 aromatic carbocycles. The zero-order valence-electron chi connectivity index (χ0n) is 11.1. The maximum Gasteiger partial charge on any atom is 0.249 e. The van der Waals surface area contributed by atoms with Gasteiger partial charge < -0.3 is 5.73 Å². The van der Waals surface area contributed by atoms with Gasteiger partial charge in [0.2, 0.25) is 5.91 Å². The summed E-state index contributed by atoms with van der Waals surface area (Å²) < 4.78 is 0. The first kappa shape index (κ1) is 15.1. The van der Waals surface area contributed by atoms with Crippen molar-refractivity contribution < 1.29 is 4.79 Å². The fourth-order valence-corrected chi connectivity index (χ4v) is 2.47. The predicted molar refractivity (Wildman–Crippen MR) is 79.3 cm³/mol. The van der Waals surface area contributed by atoms with E-state index in [0.717, 1.165) is 23.3 Å². The topological polar surface area (TPSA) is 43.1 Å². The van der Waals surface area contributed by atoms with Crippen LogP contribution in [-0.4, -0.2) is 5.91 Å². The SMILES string of the molecule is CCCCCCCCc1c(S)cccc1C(N)=O. The summed E-state index contributed by atoms with van der Waals surface area (Å²) in [4.78, 5) is 12.2. The van der Waals surface area contributed by atoms with Crippen molar-refractivity contribution in [2.75, 3.05) is 0 Å². The largest absolute Gasteiger partial charge is 0.366 e. The van der Waals surface area contributed by atoms with Gasteiger partial charge in [0.05, 0.1) is 0 Å². The summed E-state index contributed by atoms with van der Waals surface area (Å²) in [6.07, 6.45) is 8.36. The van der Waals surface area contributed by atoms with Crippen LogP contribution >= 0.6 is 12.6 Å². The molecule has 2 nitrogen and oxygen atoms in total. The highest BCUT2D eigenvalue weighted by Crippen LogP contribution is 2.21. The van der Waals surface area contributed by atoms with E-state index < -0.39 is 0 Å². The second-order valence-electron chi connectivity index (χ2n) is 4.69. The molecule has 0 radical (unpaired) electrons. The lowest BCUT2D eigenvalue weighted by atomic mass is 10.00. The normalized spacial score (nSPS) is 10.6. The van der Waals surface area contributed by atoms with Gasteiger partial charge in [0.15, 0.2) is 0 Å². The van der Waals surface area contributed by atoms with E-state index >= 15 is 0 Å². The minimum atomic E-state index is -0.355. The Morgan fingerprint density at radius 3 is 2.50 bits per heavy atom. The molecule has 0 fully saturated rings. The Morgan fingerprint density at radius 1 is 1.17 bits per heavy atom. The van der Waals surface area contributed by atoms with Crippen LogP contribution in [0.5, 0.6) is 0 Å². The highest BCUT2D eigenvalue weighted by Gasteiger charge is 2.10. The molecule has 0 saturated carbocycles. The number of amides is 1. The van der Waals surface area contributed by atoms with Gasteiger partial charge >= 0.3 is 0 Å². The van der Waals surface area contributed by atoms with Crippen LogP contribution in [0.1, 0.15) is 61.4 Å². The van der Waals surface area contributed by atoms with E-state index in [1.54, 1.807) is 6.07 Å². The van der Waals surface area contributed by atoms with Gasteiger partial charge in [0.25, 0.3) is 0 Å². The number of benzene rings is 1. The third kappa shape index (κ3) is 4.73. The van der Waals surface area contributed by atoms with E-state index in [9.17, 15) is 4.79 Å². The van der Waals surface area contributed by atoms with Crippen molar-refractivity contribution in [1.82, 2.24) is 0 Å². The van der Waals surface area contributed by atoms with Gasteiger partial charge in [-0.15, -0.1) is 12.6 Å². The van der Waals surface area contributed by atoms with Crippen molar-refractivity contribution in [2.24, 2.45) is 5.73 Å². The monoisotopic (exact) mass is 265 g/mol. The summed E-state index contributed by atoms with van der Waals surface area (Å²) in [6, 6.07) is 5.53. The first-order chi connectivity index (χ1) is 8.66. The van der Waals surface area contributed by atoms with Gasteiger partial charge in [-0.1, -0.05) is 45.1 Å². The number of carbonyl (C=O) groups is 1. The van der Waals surface area contributed by atoms with Crippen LogP contribution in [0.2, 0.25) is 0 Å². The minimum absolute atomic E-state index is 0.355. The summed E-state index contributed by atoms with van der Waals surface area (Å²) in [6.45, 7) is 2.22. The molecule has 0 bridgehead atoms. The quantitative estimate of drug-likeness (QED) is 0.542. The zero-order valence-corrected chi connectivity index (χ0v) is 12.0. The van der Waals surface area contributed by atoms with E-state index in [4.69, 9.17) is 5.73 Å². The molecule has 100 valence electrons. The fraction of sp³-hybridized carbons (Fsp3) is 0.533. The van der Waals surface area contributed by atoms with Crippen molar-refractivity contribution in [3.63, 3.8) is 0 Å². The Labute approximate surface area is 115 Å². The second-order valence-corrected chi connectivity index (χ2v) is 5.17. The van der Waals surface area contributed by atoms with Gasteiger partial charge in [-0.05, 0) is 30.5 Å². The highest BCUT2D eigenvalue weighted by molar-refractivity contribution is 7.80. The van der Waals surface area contributed by atoms with Crippen molar-refractivity contribution in [2.45, 2.75) is 56.8 Å². The Hall–Kier alpha value is -0.960. The average molecular weight is 265 g/mol. The Morgan fingerprint density at radius 2 is 1.83 bits per heavy atom. The molecule has 0 aromatic heterocycles. The number of rotatable bonds is 8. The van der Waals surface area contributed by atoms with Gasteiger partial charge in [-0.2, -0.15) is 0 Å².